The highest BCUT2D eigenvalue weighted by Crippen LogP contribution is 2.33. The Kier molecular flexibility index (Phi) is 8.81. The topological polar surface area (TPSA) is 92.3 Å². The van der Waals surface area contributed by atoms with Crippen molar-refractivity contribution in [3.05, 3.63) is 47.7 Å². The number of nitrogens with one attached hydrogen (secondary N) is 3. The molecule has 0 saturated heterocycles. The number of anilines is 1. The van der Waals surface area contributed by atoms with E-state index in [1.165, 1.54) is 16.5 Å². The van der Waals surface area contributed by atoms with Crippen LogP contribution in [0.5, 0.6) is 0 Å². The molecule has 6 nitrogen and oxygen atoms in total. The third-order valence-corrected chi connectivity index (χ3v) is 4.08. The molecule has 0 bridgehead atoms. The van der Waals surface area contributed by atoms with Crippen molar-refractivity contribution in [3.63, 3.8) is 0 Å². The summed E-state index contributed by atoms with van der Waals surface area (Å²) >= 11 is 1.67. The molecule has 0 spiro atoms. The summed E-state index contributed by atoms with van der Waals surface area (Å²) in [6.45, 7) is 2.13. The molecule has 0 aliphatic rings. The van der Waals surface area contributed by atoms with E-state index in [1.54, 1.807) is 17.8 Å². The molecule has 1 heterocycles. The molecule has 0 aliphatic carbocycles. The summed E-state index contributed by atoms with van der Waals surface area (Å²) in [5, 5.41) is 3.19. The number of amides is 1. The number of rotatable bonds is 7. The van der Waals surface area contributed by atoms with Crippen molar-refractivity contribution in [1.82, 2.24) is 11.0 Å². The minimum atomic E-state index is -0.525. The van der Waals surface area contributed by atoms with Gasteiger partial charge in [0.15, 0.2) is 0 Å². The summed E-state index contributed by atoms with van der Waals surface area (Å²) in [4.78, 5) is 10.4. The first-order valence-electron chi connectivity index (χ1n) is 6.97. The maximum atomic E-state index is 12.8. The van der Waals surface area contributed by atoms with Gasteiger partial charge in [-0.15, -0.1) is 11.8 Å². The van der Waals surface area contributed by atoms with Crippen LogP contribution in [0.15, 0.2) is 39.6 Å². The van der Waals surface area contributed by atoms with Crippen LogP contribution in [0.2, 0.25) is 0 Å². The number of benzene rings is 1. The molecule has 0 unspecified atom stereocenters. The van der Waals surface area contributed by atoms with E-state index in [0.29, 0.717) is 17.9 Å². The zero-order valence-electron chi connectivity index (χ0n) is 13.1. The Hall–Kier alpha value is -2.03. The van der Waals surface area contributed by atoms with Crippen molar-refractivity contribution >= 4 is 23.9 Å². The second kappa shape index (κ2) is 10.7. The molecule has 5 N–H and O–H groups in total. The van der Waals surface area contributed by atoms with E-state index in [-0.39, 0.29) is 0 Å². The Morgan fingerprint density at radius 2 is 2.13 bits per heavy atom. The Morgan fingerprint density at radius 3 is 2.61 bits per heavy atom. The molecule has 2 rings (SSSR count). The van der Waals surface area contributed by atoms with Crippen LogP contribution in [-0.2, 0) is 17.0 Å². The molecule has 8 heteroatoms. The van der Waals surface area contributed by atoms with Gasteiger partial charge in [-0.2, -0.15) is 9.93 Å². The van der Waals surface area contributed by atoms with Crippen molar-refractivity contribution in [2.75, 3.05) is 12.4 Å². The zero-order valence-corrected chi connectivity index (χ0v) is 13.9. The highest BCUT2D eigenvalue weighted by atomic mass is 32.2. The molecule has 23 heavy (non-hydrogen) atoms. The van der Waals surface area contributed by atoms with E-state index >= 15 is 0 Å². The van der Waals surface area contributed by atoms with E-state index in [9.17, 15) is 4.39 Å². The maximum absolute atomic E-state index is 12.8. The molecule has 1 aromatic carbocycles. The largest absolute Gasteiger partial charge is 0.435 e. The average molecular weight is 340 g/mol. The van der Waals surface area contributed by atoms with Crippen molar-refractivity contribution in [1.29, 1.82) is 0 Å². The van der Waals surface area contributed by atoms with Gasteiger partial charge < -0.3 is 9.73 Å². The normalized spacial score (nSPS) is 9.74. The van der Waals surface area contributed by atoms with Gasteiger partial charge in [0.1, 0.15) is 5.76 Å². The van der Waals surface area contributed by atoms with Crippen molar-refractivity contribution in [2.24, 2.45) is 5.84 Å². The van der Waals surface area contributed by atoms with Gasteiger partial charge in [-0.25, -0.2) is 0 Å². The lowest BCUT2D eigenvalue weighted by atomic mass is 10.1. The standard InChI is InChI=1S/C14H16FNOS.CH5N3O/c1-3-10-5-4-6-12(16-2)14(10)18-9-11-7-8-13(15)17-11;2-4-3-1-5/h4-8,16H,3,9H2,1-2H3;1,4H,2H2,(H,3,5). The van der Waals surface area contributed by atoms with Crippen LogP contribution in [-0.4, -0.2) is 13.5 Å². The Labute approximate surface area is 138 Å². The van der Waals surface area contributed by atoms with Gasteiger partial charge in [0.25, 0.3) is 6.01 Å². The summed E-state index contributed by atoms with van der Waals surface area (Å²) in [6.07, 6.45) is 1.42. The lowest BCUT2D eigenvalue weighted by Gasteiger charge is -2.12. The molecule has 1 amide bonds. The van der Waals surface area contributed by atoms with Crippen LogP contribution < -0.4 is 22.1 Å². The summed E-state index contributed by atoms with van der Waals surface area (Å²) in [5.74, 6) is 5.84. The van der Waals surface area contributed by atoms with Gasteiger partial charge in [-0.1, -0.05) is 19.1 Å². The predicted octanol–water partition coefficient (Wildman–Crippen LogP) is 2.43. The molecule has 2 aromatic rings. The Bertz CT molecular complexity index is 585. The van der Waals surface area contributed by atoms with Gasteiger partial charge >= 0.3 is 0 Å². The molecule has 0 aliphatic heterocycles. The van der Waals surface area contributed by atoms with E-state index in [2.05, 4.69) is 24.1 Å². The number of carbonyl (C=O) groups excluding carboxylic acids is 1. The second-order valence-electron chi connectivity index (χ2n) is 4.30. The summed E-state index contributed by atoms with van der Waals surface area (Å²) in [6, 6.07) is 8.71. The zero-order chi connectivity index (χ0) is 17.1. The molecular formula is C15H21FN4O2S. The fraction of sp³-hybridized carbons (Fsp3) is 0.267. The van der Waals surface area contributed by atoms with Gasteiger partial charge in [-0.05, 0) is 24.1 Å². The number of halogens is 1. The highest BCUT2D eigenvalue weighted by molar-refractivity contribution is 7.98. The van der Waals surface area contributed by atoms with E-state index in [1.807, 2.05) is 30.1 Å². The van der Waals surface area contributed by atoms with Crippen LogP contribution in [0.3, 0.4) is 0 Å². The number of aryl methyl sites for hydroxylation is 1. The summed E-state index contributed by atoms with van der Waals surface area (Å²) < 4.78 is 17.7. The Morgan fingerprint density at radius 1 is 1.35 bits per heavy atom. The lowest BCUT2D eigenvalue weighted by molar-refractivity contribution is -0.110. The van der Waals surface area contributed by atoms with Crippen LogP contribution in [0, 0.1) is 6.01 Å². The van der Waals surface area contributed by atoms with Crippen LogP contribution in [0.25, 0.3) is 0 Å². The van der Waals surface area contributed by atoms with Crippen molar-refractivity contribution in [3.8, 4) is 0 Å². The number of nitrogens with two attached hydrogens (primary N) is 1. The van der Waals surface area contributed by atoms with E-state index in [0.717, 1.165) is 12.1 Å². The third kappa shape index (κ3) is 6.31. The minimum Gasteiger partial charge on any atom is -0.435 e. The van der Waals surface area contributed by atoms with Crippen LogP contribution >= 0.6 is 11.8 Å². The molecule has 1 aromatic heterocycles. The maximum Gasteiger partial charge on any atom is 0.277 e. The number of hydrogen-bond acceptors (Lipinski definition) is 6. The van der Waals surface area contributed by atoms with Gasteiger partial charge in [0.05, 0.1) is 5.75 Å². The van der Waals surface area contributed by atoms with Gasteiger partial charge in [0, 0.05) is 23.7 Å². The number of hydrogen-bond donors (Lipinski definition) is 4. The van der Waals surface area contributed by atoms with Crippen LogP contribution in [0.4, 0.5) is 10.1 Å². The monoisotopic (exact) mass is 340 g/mol. The minimum absolute atomic E-state index is 0.444. The number of hydrazine groups is 2. The Balaban J connectivity index is 0.000000463. The molecule has 126 valence electrons. The van der Waals surface area contributed by atoms with E-state index < -0.39 is 6.01 Å². The number of carbonyl (C=O) groups is 1. The third-order valence-electron chi connectivity index (χ3n) is 2.88. The lowest BCUT2D eigenvalue weighted by Crippen LogP contribution is -2.36. The molecule has 0 fully saturated rings. The fourth-order valence-corrected chi connectivity index (χ4v) is 3.00. The van der Waals surface area contributed by atoms with E-state index in [4.69, 9.17) is 9.21 Å². The molecule has 0 saturated carbocycles. The van der Waals surface area contributed by atoms with Gasteiger partial charge in [0.2, 0.25) is 6.41 Å². The predicted molar refractivity (Wildman–Crippen MR) is 90.1 cm³/mol. The fourth-order valence-electron chi connectivity index (χ4n) is 1.84. The first kappa shape index (κ1) is 19.0. The average Bonchev–Trinajstić information content (AvgIpc) is 2.99. The van der Waals surface area contributed by atoms with Crippen molar-refractivity contribution < 1.29 is 13.6 Å². The molecule has 0 radical (unpaired) electrons. The van der Waals surface area contributed by atoms with Gasteiger partial charge in [-0.3, -0.25) is 16.1 Å². The summed E-state index contributed by atoms with van der Waals surface area (Å²) in [7, 11) is 1.91. The number of thioether (sulfide) groups is 1. The number of furan rings is 1. The molecule has 0 atom stereocenters. The quantitative estimate of drug-likeness (QED) is 0.268. The van der Waals surface area contributed by atoms with Crippen molar-refractivity contribution in [2.45, 2.75) is 24.0 Å². The van der Waals surface area contributed by atoms with Crippen LogP contribution in [0.1, 0.15) is 18.2 Å². The second-order valence-corrected chi connectivity index (χ2v) is 5.28. The smallest absolute Gasteiger partial charge is 0.277 e. The first-order chi connectivity index (χ1) is 11.2. The summed E-state index contributed by atoms with van der Waals surface area (Å²) in [5.41, 5.74) is 6.25. The SMILES string of the molecule is CCc1cccc(NC)c1SCc1ccc(F)o1.NNNC=O. The highest BCUT2D eigenvalue weighted by Gasteiger charge is 2.09. The first-order valence-corrected chi connectivity index (χ1v) is 7.96. The molecular weight excluding hydrogens is 319 g/mol.